The Morgan fingerprint density at radius 3 is 2.79 bits per heavy atom. The van der Waals surface area contributed by atoms with Crippen molar-refractivity contribution in [1.82, 2.24) is 19.7 Å². The molecule has 0 fully saturated rings. The van der Waals surface area contributed by atoms with Gasteiger partial charge in [0.05, 0.1) is 18.4 Å². The van der Waals surface area contributed by atoms with E-state index in [-0.39, 0.29) is 5.91 Å². The third-order valence-electron chi connectivity index (χ3n) is 2.96. The fraction of sp³-hybridized carbons (Fsp3) is 0.308. The first-order chi connectivity index (χ1) is 9.13. The van der Waals surface area contributed by atoms with E-state index in [9.17, 15) is 4.79 Å². The molecule has 0 atom stereocenters. The molecule has 100 valence electrons. The van der Waals surface area contributed by atoms with Gasteiger partial charge in [0.1, 0.15) is 11.4 Å². The molecular weight excluding hydrogens is 242 g/mol. The predicted octanol–water partition coefficient (Wildman–Crippen LogP) is 1.06. The van der Waals surface area contributed by atoms with Crippen molar-refractivity contribution < 1.29 is 4.79 Å². The molecule has 0 aliphatic rings. The minimum atomic E-state index is -0.126. The van der Waals surface area contributed by atoms with Gasteiger partial charge in [0, 0.05) is 19.8 Å². The van der Waals surface area contributed by atoms with Gasteiger partial charge in [-0.15, -0.1) is 0 Å². The summed E-state index contributed by atoms with van der Waals surface area (Å²) < 4.78 is 1.49. The summed E-state index contributed by atoms with van der Waals surface area (Å²) in [6.45, 7) is 2.97. The highest BCUT2D eigenvalue weighted by Crippen LogP contribution is 2.14. The Balaban J connectivity index is 2.18. The topological polar surface area (TPSA) is 77.0 Å². The number of rotatable bonds is 4. The highest BCUT2D eigenvalue weighted by atomic mass is 16.2. The van der Waals surface area contributed by atoms with Crippen molar-refractivity contribution >= 4 is 11.7 Å². The second-order valence-electron chi connectivity index (χ2n) is 4.21. The van der Waals surface area contributed by atoms with Crippen molar-refractivity contribution in [3.63, 3.8) is 0 Å². The van der Waals surface area contributed by atoms with Crippen molar-refractivity contribution in [2.24, 2.45) is 7.05 Å². The Morgan fingerprint density at radius 1 is 1.47 bits per heavy atom. The minimum absolute atomic E-state index is 0.126. The van der Waals surface area contributed by atoms with Crippen LogP contribution in [0.3, 0.4) is 0 Å². The van der Waals surface area contributed by atoms with Crippen LogP contribution in [0.1, 0.15) is 23.0 Å². The molecule has 0 bridgehead atoms. The highest BCUT2D eigenvalue weighted by molar-refractivity contribution is 5.98. The van der Waals surface area contributed by atoms with E-state index < -0.39 is 0 Å². The first-order valence-corrected chi connectivity index (χ1v) is 6.10. The molecule has 0 unspecified atom stereocenters. The monoisotopic (exact) mass is 259 g/mol. The Morgan fingerprint density at radius 2 is 2.26 bits per heavy atom. The number of carbonyl (C=O) groups excluding carboxylic acids is 1. The van der Waals surface area contributed by atoms with Gasteiger partial charge in [-0.2, -0.15) is 5.10 Å². The van der Waals surface area contributed by atoms with Crippen LogP contribution in [0.15, 0.2) is 30.6 Å². The lowest BCUT2D eigenvalue weighted by Crippen LogP contribution is -2.31. The summed E-state index contributed by atoms with van der Waals surface area (Å²) in [5, 5.41) is 3.99. The maximum absolute atomic E-state index is 12.4. The molecular formula is C13H17N5O. The van der Waals surface area contributed by atoms with Gasteiger partial charge < -0.3 is 10.6 Å². The second kappa shape index (κ2) is 5.51. The molecule has 0 saturated heterocycles. The molecule has 0 saturated carbocycles. The summed E-state index contributed by atoms with van der Waals surface area (Å²) >= 11 is 0. The number of hydrogen-bond donors (Lipinski definition) is 1. The molecule has 0 radical (unpaired) electrons. The van der Waals surface area contributed by atoms with Crippen LogP contribution in [0.4, 0.5) is 5.82 Å². The van der Waals surface area contributed by atoms with E-state index in [4.69, 9.17) is 5.73 Å². The molecule has 2 aromatic heterocycles. The van der Waals surface area contributed by atoms with E-state index in [1.807, 2.05) is 25.1 Å². The van der Waals surface area contributed by atoms with Gasteiger partial charge in [-0.25, -0.2) is 0 Å². The van der Waals surface area contributed by atoms with Gasteiger partial charge in [0.25, 0.3) is 5.91 Å². The third-order valence-corrected chi connectivity index (χ3v) is 2.96. The van der Waals surface area contributed by atoms with Crippen LogP contribution >= 0.6 is 0 Å². The molecule has 0 aliphatic carbocycles. The third kappa shape index (κ3) is 2.73. The average Bonchev–Trinajstić information content (AvgIpc) is 2.77. The number of aromatic nitrogens is 3. The zero-order valence-electron chi connectivity index (χ0n) is 11.1. The van der Waals surface area contributed by atoms with Crippen molar-refractivity contribution in [1.29, 1.82) is 0 Å². The SMILES string of the molecule is CCN(Cc1ccccn1)C(=O)c1cnn(C)c1N. The number of pyridine rings is 1. The van der Waals surface area contributed by atoms with Crippen molar-refractivity contribution in [2.75, 3.05) is 12.3 Å². The maximum atomic E-state index is 12.4. The first kappa shape index (κ1) is 13.1. The molecule has 2 N–H and O–H groups in total. The van der Waals surface area contributed by atoms with Crippen LogP contribution in [-0.2, 0) is 13.6 Å². The van der Waals surface area contributed by atoms with Crippen LogP contribution in [0.5, 0.6) is 0 Å². The normalized spacial score (nSPS) is 10.4. The summed E-state index contributed by atoms with van der Waals surface area (Å²) in [6.07, 6.45) is 3.21. The van der Waals surface area contributed by atoms with Gasteiger partial charge >= 0.3 is 0 Å². The van der Waals surface area contributed by atoms with Gasteiger partial charge in [0.2, 0.25) is 0 Å². The van der Waals surface area contributed by atoms with E-state index in [1.54, 1.807) is 18.1 Å². The Kier molecular flexibility index (Phi) is 3.79. The zero-order chi connectivity index (χ0) is 13.8. The lowest BCUT2D eigenvalue weighted by molar-refractivity contribution is 0.0751. The van der Waals surface area contributed by atoms with Gasteiger partial charge in [-0.1, -0.05) is 6.07 Å². The van der Waals surface area contributed by atoms with Gasteiger partial charge in [-0.3, -0.25) is 14.5 Å². The number of nitrogens with two attached hydrogens (primary N) is 1. The van der Waals surface area contributed by atoms with Crippen molar-refractivity contribution in [3.05, 3.63) is 41.9 Å². The van der Waals surface area contributed by atoms with Crippen LogP contribution in [0.2, 0.25) is 0 Å². The number of hydrogen-bond acceptors (Lipinski definition) is 4. The van der Waals surface area contributed by atoms with Crippen molar-refractivity contribution in [3.8, 4) is 0 Å². The van der Waals surface area contributed by atoms with E-state index in [0.717, 1.165) is 5.69 Å². The van der Waals surface area contributed by atoms with Crippen molar-refractivity contribution in [2.45, 2.75) is 13.5 Å². The van der Waals surface area contributed by atoms with Crippen LogP contribution in [0, 0.1) is 0 Å². The minimum Gasteiger partial charge on any atom is -0.383 e. The predicted molar refractivity (Wildman–Crippen MR) is 72.3 cm³/mol. The Bertz CT molecular complexity index is 564. The van der Waals surface area contributed by atoms with Crippen LogP contribution in [0.25, 0.3) is 0 Å². The molecule has 6 heteroatoms. The Hall–Kier alpha value is -2.37. The summed E-state index contributed by atoms with van der Waals surface area (Å²) in [4.78, 5) is 18.3. The van der Waals surface area contributed by atoms with E-state index in [0.29, 0.717) is 24.5 Å². The number of anilines is 1. The number of aryl methyl sites for hydroxylation is 1. The quantitative estimate of drug-likeness (QED) is 0.890. The fourth-order valence-corrected chi connectivity index (χ4v) is 1.80. The highest BCUT2D eigenvalue weighted by Gasteiger charge is 2.19. The second-order valence-corrected chi connectivity index (χ2v) is 4.21. The molecule has 2 aromatic rings. The largest absolute Gasteiger partial charge is 0.383 e. The molecule has 0 aliphatic heterocycles. The molecule has 0 aromatic carbocycles. The molecule has 0 spiro atoms. The molecule has 2 rings (SSSR count). The summed E-state index contributed by atoms with van der Waals surface area (Å²) in [6, 6.07) is 5.64. The molecule has 19 heavy (non-hydrogen) atoms. The van der Waals surface area contributed by atoms with E-state index in [2.05, 4.69) is 10.1 Å². The standard InChI is InChI=1S/C13H17N5O/c1-3-18(9-10-6-4-5-7-15-10)13(19)11-8-16-17(2)12(11)14/h4-8H,3,9,14H2,1-2H3. The van der Waals surface area contributed by atoms with Crippen LogP contribution < -0.4 is 5.73 Å². The summed E-state index contributed by atoms with van der Waals surface area (Å²) in [5.74, 6) is 0.253. The van der Waals surface area contributed by atoms with E-state index >= 15 is 0 Å². The lowest BCUT2D eigenvalue weighted by Gasteiger charge is -2.20. The van der Waals surface area contributed by atoms with Gasteiger partial charge in [0.15, 0.2) is 0 Å². The molecule has 1 amide bonds. The maximum Gasteiger partial charge on any atom is 0.259 e. The number of nitrogen functional groups attached to an aromatic ring is 1. The Labute approximate surface area is 111 Å². The number of nitrogens with zero attached hydrogens (tertiary/aromatic N) is 4. The smallest absolute Gasteiger partial charge is 0.259 e. The van der Waals surface area contributed by atoms with E-state index in [1.165, 1.54) is 10.9 Å². The first-order valence-electron chi connectivity index (χ1n) is 6.10. The summed E-state index contributed by atoms with van der Waals surface area (Å²) in [5.41, 5.74) is 7.10. The van der Waals surface area contributed by atoms with Crippen LogP contribution in [-0.4, -0.2) is 32.1 Å². The fourth-order valence-electron chi connectivity index (χ4n) is 1.80. The van der Waals surface area contributed by atoms with Gasteiger partial charge in [-0.05, 0) is 19.1 Å². The number of carbonyl (C=O) groups is 1. The molecule has 6 nitrogen and oxygen atoms in total. The average molecular weight is 259 g/mol. The lowest BCUT2D eigenvalue weighted by atomic mass is 10.2. The number of amides is 1. The molecule has 2 heterocycles. The summed E-state index contributed by atoms with van der Waals surface area (Å²) in [7, 11) is 1.71. The zero-order valence-corrected chi connectivity index (χ0v) is 11.1.